The number of benzene rings is 1. The van der Waals surface area contributed by atoms with Crippen molar-refractivity contribution in [1.29, 1.82) is 0 Å². The van der Waals surface area contributed by atoms with Crippen molar-refractivity contribution in [2.75, 3.05) is 11.9 Å². The molecule has 1 unspecified atom stereocenters. The normalized spacial score (nSPS) is 12.0. The van der Waals surface area contributed by atoms with E-state index in [0.717, 1.165) is 5.56 Å². The third-order valence-electron chi connectivity index (χ3n) is 3.44. The number of anilines is 1. The molecule has 0 radical (unpaired) electrons. The Hall–Kier alpha value is -1.87. The maximum Gasteiger partial charge on any atom is 0.163 e. The van der Waals surface area contributed by atoms with Crippen LogP contribution < -0.4 is 4.90 Å². The summed E-state index contributed by atoms with van der Waals surface area (Å²) in [6.45, 7) is 3.59. The van der Waals surface area contributed by atoms with E-state index in [-0.39, 0.29) is 11.8 Å². The Morgan fingerprint density at radius 1 is 1.25 bits per heavy atom. The topological polar surface area (TPSA) is 33.2 Å². The van der Waals surface area contributed by atoms with Gasteiger partial charge < -0.3 is 4.90 Å². The predicted molar refractivity (Wildman–Crippen MR) is 82.5 cm³/mol. The second-order valence-electron chi connectivity index (χ2n) is 4.74. The monoisotopic (exact) mass is 288 g/mol. The van der Waals surface area contributed by atoms with Gasteiger partial charge in [0.1, 0.15) is 5.82 Å². The third-order valence-corrected chi connectivity index (χ3v) is 3.78. The van der Waals surface area contributed by atoms with Crippen LogP contribution in [-0.2, 0) is 0 Å². The fourth-order valence-corrected chi connectivity index (χ4v) is 2.45. The van der Waals surface area contributed by atoms with Crippen molar-refractivity contribution in [2.24, 2.45) is 0 Å². The van der Waals surface area contributed by atoms with Gasteiger partial charge in [0.15, 0.2) is 5.78 Å². The minimum atomic E-state index is 0.00584. The van der Waals surface area contributed by atoms with Gasteiger partial charge in [-0.2, -0.15) is 0 Å². The lowest BCUT2D eigenvalue weighted by Gasteiger charge is -2.28. The van der Waals surface area contributed by atoms with Crippen LogP contribution >= 0.6 is 11.6 Å². The molecule has 1 heterocycles. The van der Waals surface area contributed by atoms with Gasteiger partial charge in [0.05, 0.1) is 11.6 Å². The standard InChI is InChI=1S/C16H17ClN2O/c1-11(13-7-4-5-9-15(13)17)19(3)16-14(12(2)20)8-6-10-18-16/h4-11H,1-3H3. The number of carbonyl (C=O) groups excluding carboxylic acids is 1. The fraction of sp³-hybridized carbons (Fsp3) is 0.250. The molecule has 0 aliphatic rings. The van der Waals surface area contributed by atoms with Crippen molar-refractivity contribution in [3.05, 3.63) is 58.7 Å². The van der Waals surface area contributed by atoms with Crippen LogP contribution in [0.2, 0.25) is 5.02 Å². The first-order valence-electron chi connectivity index (χ1n) is 6.45. The number of Topliss-reactive ketones (excluding diaryl/α,β-unsaturated/α-hetero) is 1. The highest BCUT2D eigenvalue weighted by Gasteiger charge is 2.19. The van der Waals surface area contributed by atoms with Crippen molar-refractivity contribution in [2.45, 2.75) is 19.9 Å². The summed E-state index contributed by atoms with van der Waals surface area (Å²) < 4.78 is 0. The highest BCUT2D eigenvalue weighted by atomic mass is 35.5. The van der Waals surface area contributed by atoms with Crippen LogP contribution in [0, 0.1) is 0 Å². The molecule has 1 atom stereocenters. The summed E-state index contributed by atoms with van der Waals surface area (Å²) in [5.41, 5.74) is 1.63. The first-order valence-corrected chi connectivity index (χ1v) is 6.83. The van der Waals surface area contributed by atoms with E-state index in [1.807, 2.05) is 43.1 Å². The molecule has 2 rings (SSSR count). The number of carbonyl (C=O) groups is 1. The van der Waals surface area contributed by atoms with Gasteiger partial charge in [-0.15, -0.1) is 0 Å². The molecule has 0 spiro atoms. The van der Waals surface area contributed by atoms with Crippen molar-refractivity contribution >= 4 is 23.2 Å². The summed E-state index contributed by atoms with van der Waals surface area (Å²) in [6.07, 6.45) is 1.69. The fourth-order valence-electron chi connectivity index (χ4n) is 2.16. The minimum absolute atomic E-state index is 0.00584. The molecule has 20 heavy (non-hydrogen) atoms. The van der Waals surface area contributed by atoms with Gasteiger partial charge >= 0.3 is 0 Å². The molecule has 104 valence electrons. The van der Waals surface area contributed by atoms with E-state index in [1.165, 1.54) is 0 Å². The highest BCUT2D eigenvalue weighted by Crippen LogP contribution is 2.30. The SMILES string of the molecule is CC(=O)c1cccnc1N(C)C(C)c1ccccc1Cl. The minimum Gasteiger partial charge on any atom is -0.352 e. The molecule has 4 heteroatoms. The number of pyridine rings is 1. The van der Waals surface area contributed by atoms with Gasteiger partial charge in [-0.05, 0) is 37.6 Å². The van der Waals surface area contributed by atoms with Gasteiger partial charge in [-0.3, -0.25) is 4.79 Å². The summed E-state index contributed by atoms with van der Waals surface area (Å²) in [5, 5.41) is 0.715. The third kappa shape index (κ3) is 2.83. The maximum atomic E-state index is 11.7. The average Bonchev–Trinajstić information content (AvgIpc) is 2.46. The number of hydrogen-bond donors (Lipinski definition) is 0. The van der Waals surface area contributed by atoms with Crippen LogP contribution in [0.4, 0.5) is 5.82 Å². The number of ketones is 1. The molecule has 3 nitrogen and oxygen atoms in total. The number of halogens is 1. The molecule has 0 saturated carbocycles. The first kappa shape index (κ1) is 14.5. The van der Waals surface area contributed by atoms with Gasteiger partial charge in [-0.1, -0.05) is 29.8 Å². The molecule has 0 aliphatic heterocycles. The average molecular weight is 289 g/mol. The van der Waals surface area contributed by atoms with E-state index in [0.29, 0.717) is 16.4 Å². The van der Waals surface area contributed by atoms with Crippen LogP contribution in [-0.4, -0.2) is 17.8 Å². The lowest BCUT2D eigenvalue weighted by molar-refractivity contribution is 0.101. The Balaban J connectivity index is 2.39. The van der Waals surface area contributed by atoms with Crippen LogP contribution in [0.15, 0.2) is 42.6 Å². The van der Waals surface area contributed by atoms with Crippen LogP contribution in [0.1, 0.15) is 35.8 Å². The van der Waals surface area contributed by atoms with E-state index >= 15 is 0 Å². The molecule has 0 amide bonds. The summed E-state index contributed by atoms with van der Waals surface area (Å²) in [7, 11) is 1.92. The highest BCUT2D eigenvalue weighted by molar-refractivity contribution is 6.31. The molecule has 2 aromatic rings. The molecular weight excluding hydrogens is 272 g/mol. The Labute approximate surface area is 124 Å². The van der Waals surface area contributed by atoms with Crippen LogP contribution in [0.5, 0.6) is 0 Å². The maximum absolute atomic E-state index is 11.7. The first-order chi connectivity index (χ1) is 9.52. The Morgan fingerprint density at radius 3 is 2.60 bits per heavy atom. The lowest BCUT2D eigenvalue weighted by atomic mass is 10.1. The van der Waals surface area contributed by atoms with E-state index in [4.69, 9.17) is 11.6 Å². The van der Waals surface area contributed by atoms with Crippen LogP contribution in [0.3, 0.4) is 0 Å². The Morgan fingerprint density at radius 2 is 1.95 bits per heavy atom. The lowest BCUT2D eigenvalue weighted by Crippen LogP contribution is -2.24. The van der Waals surface area contributed by atoms with E-state index < -0.39 is 0 Å². The van der Waals surface area contributed by atoms with Crippen LogP contribution in [0.25, 0.3) is 0 Å². The van der Waals surface area contributed by atoms with Crippen molar-refractivity contribution in [1.82, 2.24) is 4.98 Å². The molecule has 0 bridgehead atoms. The quantitative estimate of drug-likeness (QED) is 0.793. The smallest absolute Gasteiger partial charge is 0.163 e. The number of hydrogen-bond acceptors (Lipinski definition) is 3. The number of rotatable bonds is 4. The molecule has 0 aliphatic carbocycles. The second kappa shape index (κ2) is 6.06. The summed E-state index contributed by atoms with van der Waals surface area (Å²) in [4.78, 5) is 18.0. The molecule has 0 fully saturated rings. The largest absolute Gasteiger partial charge is 0.352 e. The zero-order chi connectivity index (χ0) is 14.7. The van der Waals surface area contributed by atoms with Crippen molar-refractivity contribution in [3.63, 3.8) is 0 Å². The Bertz CT molecular complexity index is 627. The molecule has 1 aromatic carbocycles. The zero-order valence-electron chi connectivity index (χ0n) is 11.8. The van der Waals surface area contributed by atoms with Gasteiger partial charge in [0, 0.05) is 18.3 Å². The number of aromatic nitrogens is 1. The van der Waals surface area contributed by atoms with E-state index in [1.54, 1.807) is 25.3 Å². The van der Waals surface area contributed by atoms with E-state index in [9.17, 15) is 4.79 Å². The van der Waals surface area contributed by atoms with Crippen molar-refractivity contribution < 1.29 is 4.79 Å². The molecule has 1 aromatic heterocycles. The summed E-state index contributed by atoms with van der Waals surface area (Å²) in [5.74, 6) is 0.679. The molecular formula is C16H17ClN2O. The molecule has 0 N–H and O–H groups in total. The summed E-state index contributed by atoms with van der Waals surface area (Å²) in [6, 6.07) is 11.3. The predicted octanol–water partition coefficient (Wildman–Crippen LogP) is 4.14. The van der Waals surface area contributed by atoms with Gasteiger partial charge in [0.2, 0.25) is 0 Å². The number of nitrogens with zero attached hydrogens (tertiary/aromatic N) is 2. The molecule has 0 saturated heterocycles. The van der Waals surface area contributed by atoms with Crippen molar-refractivity contribution in [3.8, 4) is 0 Å². The van der Waals surface area contributed by atoms with Gasteiger partial charge in [0.25, 0.3) is 0 Å². The summed E-state index contributed by atoms with van der Waals surface area (Å²) >= 11 is 6.24. The Kier molecular flexibility index (Phi) is 4.40. The van der Waals surface area contributed by atoms with Gasteiger partial charge in [-0.25, -0.2) is 4.98 Å². The van der Waals surface area contributed by atoms with E-state index in [2.05, 4.69) is 4.98 Å². The zero-order valence-corrected chi connectivity index (χ0v) is 12.6. The second-order valence-corrected chi connectivity index (χ2v) is 5.15.